The number of benzene rings is 1. The van der Waals surface area contributed by atoms with Crippen LogP contribution in [0.15, 0.2) is 53.6 Å². The van der Waals surface area contributed by atoms with Crippen molar-refractivity contribution in [3.63, 3.8) is 0 Å². The summed E-state index contributed by atoms with van der Waals surface area (Å²) in [6, 6.07) is 9.65. The highest BCUT2D eigenvalue weighted by molar-refractivity contribution is 6.31. The van der Waals surface area contributed by atoms with E-state index in [0.717, 1.165) is 31.2 Å². The van der Waals surface area contributed by atoms with Crippen molar-refractivity contribution < 1.29 is 19.7 Å². The van der Waals surface area contributed by atoms with Gasteiger partial charge in [0.25, 0.3) is 11.5 Å². The molecule has 11 heteroatoms. The Morgan fingerprint density at radius 2 is 2.03 bits per heavy atom. The van der Waals surface area contributed by atoms with Crippen molar-refractivity contribution in [1.29, 1.82) is 0 Å². The maximum absolute atomic E-state index is 13.3. The topological polar surface area (TPSA) is 132 Å². The Labute approximate surface area is 219 Å². The average Bonchev–Trinajstić information content (AvgIpc) is 3.56. The maximum Gasteiger partial charge on any atom is 0.271 e. The van der Waals surface area contributed by atoms with E-state index in [1.54, 1.807) is 12.3 Å². The zero-order chi connectivity index (χ0) is 26.2. The fraction of sp³-hybridized carbons (Fsp3) is 0.462. The molecule has 1 amide bonds. The van der Waals surface area contributed by atoms with Crippen molar-refractivity contribution in [2.45, 2.75) is 57.2 Å². The number of nitrogens with one attached hydrogen (secondary N) is 1. The molecule has 3 aromatic rings. The molecule has 2 atom stereocenters. The number of hydrogen-bond donors (Lipinski definition) is 3. The second-order valence-corrected chi connectivity index (χ2v) is 9.72. The number of anilines is 1. The predicted octanol–water partition coefficient (Wildman–Crippen LogP) is 2.83. The van der Waals surface area contributed by atoms with Gasteiger partial charge in [0.2, 0.25) is 0 Å². The van der Waals surface area contributed by atoms with Crippen LogP contribution in [0.2, 0.25) is 5.02 Å². The Morgan fingerprint density at radius 3 is 2.76 bits per heavy atom. The number of amides is 1. The summed E-state index contributed by atoms with van der Waals surface area (Å²) in [5.74, 6) is 0.559. The van der Waals surface area contributed by atoms with Crippen LogP contribution in [0, 0.1) is 5.92 Å². The number of hydrogen-bond acceptors (Lipinski definition) is 7. The Hall–Kier alpha value is -3.21. The summed E-state index contributed by atoms with van der Waals surface area (Å²) in [4.78, 5) is 26.3. The van der Waals surface area contributed by atoms with Crippen molar-refractivity contribution in [1.82, 2.24) is 19.6 Å². The van der Waals surface area contributed by atoms with Crippen LogP contribution in [-0.4, -0.2) is 55.0 Å². The van der Waals surface area contributed by atoms with Gasteiger partial charge in [-0.1, -0.05) is 55.5 Å². The maximum atomic E-state index is 13.3. The molecular weight excluding hydrogens is 498 g/mol. The van der Waals surface area contributed by atoms with Gasteiger partial charge in [0.05, 0.1) is 32.1 Å². The predicted molar refractivity (Wildman–Crippen MR) is 139 cm³/mol. The lowest BCUT2D eigenvalue weighted by atomic mass is 9.98. The highest BCUT2D eigenvalue weighted by Gasteiger charge is 2.29. The van der Waals surface area contributed by atoms with Crippen molar-refractivity contribution in [3.8, 4) is 5.75 Å². The SMILES string of the molecule is O=C(Nc1ccn(CC(O)CO)n1)C(CC1CCCC1)n1ncc(OCCc2ccccc2Cl)cc1=O. The van der Waals surface area contributed by atoms with Crippen LogP contribution in [0.4, 0.5) is 5.82 Å². The van der Waals surface area contributed by atoms with Crippen molar-refractivity contribution >= 4 is 23.3 Å². The number of halogens is 1. The fourth-order valence-electron chi connectivity index (χ4n) is 4.59. The van der Waals surface area contributed by atoms with Crippen molar-refractivity contribution in [2.24, 2.45) is 5.92 Å². The molecule has 198 valence electrons. The van der Waals surface area contributed by atoms with Gasteiger partial charge >= 0.3 is 0 Å². The minimum atomic E-state index is -0.952. The Balaban J connectivity index is 1.45. The first-order valence-electron chi connectivity index (χ1n) is 12.5. The summed E-state index contributed by atoms with van der Waals surface area (Å²) >= 11 is 6.19. The summed E-state index contributed by atoms with van der Waals surface area (Å²) in [7, 11) is 0. The molecule has 0 saturated heterocycles. The van der Waals surface area contributed by atoms with Gasteiger partial charge in [0.1, 0.15) is 11.8 Å². The largest absolute Gasteiger partial charge is 0.491 e. The first-order chi connectivity index (χ1) is 17.9. The standard InChI is InChI=1S/C26H32ClN5O5/c27-22-8-4-3-7-19(22)10-12-37-21-14-25(35)32(28-15-21)23(13-18-5-1-2-6-18)26(36)29-24-9-11-31(30-24)16-20(34)17-33/h3-4,7-9,11,14-15,18,20,23,33-34H,1-2,5-6,10,12-13,16-17H2,(H,29,30,36). The lowest BCUT2D eigenvalue weighted by molar-refractivity contribution is -0.120. The molecule has 1 fully saturated rings. The highest BCUT2D eigenvalue weighted by atomic mass is 35.5. The molecule has 1 saturated carbocycles. The number of nitrogens with zero attached hydrogens (tertiary/aromatic N) is 4. The molecule has 0 radical (unpaired) electrons. The molecule has 1 aliphatic rings. The summed E-state index contributed by atoms with van der Waals surface area (Å²) in [5.41, 5.74) is 0.525. The molecular formula is C26H32ClN5O5. The number of carbonyl (C=O) groups is 1. The molecule has 10 nitrogen and oxygen atoms in total. The summed E-state index contributed by atoms with van der Waals surface area (Å²) in [6.45, 7) is 0.0324. The molecule has 0 aliphatic heterocycles. The normalized spacial score (nSPS) is 15.4. The van der Waals surface area contributed by atoms with Crippen LogP contribution in [0.5, 0.6) is 5.75 Å². The quantitative estimate of drug-likeness (QED) is 0.329. The van der Waals surface area contributed by atoms with E-state index in [-0.39, 0.29) is 19.1 Å². The molecule has 2 heterocycles. The summed E-state index contributed by atoms with van der Waals surface area (Å²) in [6.07, 6.45) is 7.41. The van der Waals surface area contributed by atoms with E-state index in [0.29, 0.717) is 42.0 Å². The van der Waals surface area contributed by atoms with Crippen molar-refractivity contribution in [2.75, 3.05) is 18.5 Å². The first-order valence-corrected chi connectivity index (χ1v) is 12.9. The Kier molecular flexibility index (Phi) is 9.32. The van der Waals surface area contributed by atoms with Gasteiger partial charge in [-0.25, -0.2) is 4.68 Å². The van der Waals surface area contributed by atoms with Crippen LogP contribution < -0.4 is 15.6 Å². The Morgan fingerprint density at radius 1 is 1.24 bits per heavy atom. The molecule has 37 heavy (non-hydrogen) atoms. The number of aromatic nitrogens is 4. The fourth-order valence-corrected chi connectivity index (χ4v) is 4.82. The van der Waals surface area contributed by atoms with E-state index >= 15 is 0 Å². The van der Waals surface area contributed by atoms with Crippen LogP contribution in [0.25, 0.3) is 0 Å². The van der Waals surface area contributed by atoms with Gasteiger partial charge in [-0.05, 0) is 24.0 Å². The first kappa shape index (κ1) is 26.8. The lowest BCUT2D eigenvalue weighted by Crippen LogP contribution is -2.36. The zero-order valence-corrected chi connectivity index (χ0v) is 21.3. The van der Waals surface area contributed by atoms with E-state index in [4.69, 9.17) is 21.4 Å². The van der Waals surface area contributed by atoms with Gasteiger partial charge in [0, 0.05) is 29.8 Å². The molecule has 0 bridgehead atoms. The van der Waals surface area contributed by atoms with E-state index in [9.17, 15) is 14.7 Å². The summed E-state index contributed by atoms with van der Waals surface area (Å²) in [5, 5.41) is 30.6. The third-order valence-electron chi connectivity index (χ3n) is 6.53. The molecule has 2 aromatic heterocycles. The monoisotopic (exact) mass is 529 g/mol. The van der Waals surface area contributed by atoms with E-state index < -0.39 is 17.7 Å². The van der Waals surface area contributed by atoms with Crippen molar-refractivity contribution in [3.05, 3.63) is 69.7 Å². The van der Waals surface area contributed by atoms with Gasteiger partial charge in [-0.3, -0.25) is 14.3 Å². The average molecular weight is 530 g/mol. The molecule has 0 spiro atoms. The smallest absolute Gasteiger partial charge is 0.271 e. The number of rotatable bonds is 12. The minimum Gasteiger partial charge on any atom is -0.491 e. The van der Waals surface area contributed by atoms with Gasteiger partial charge < -0.3 is 20.3 Å². The number of aliphatic hydroxyl groups excluding tert-OH is 2. The second kappa shape index (κ2) is 12.8. The van der Waals surface area contributed by atoms with E-state index in [2.05, 4.69) is 15.5 Å². The number of carbonyl (C=O) groups excluding carboxylic acids is 1. The molecule has 1 aromatic carbocycles. The second-order valence-electron chi connectivity index (χ2n) is 9.31. The number of ether oxygens (including phenoxy) is 1. The van der Waals surface area contributed by atoms with E-state index in [1.165, 1.54) is 21.6 Å². The van der Waals surface area contributed by atoms with Crippen LogP contribution in [0.1, 0.15) is 43.7 Å². The summed E-state index contributed by atoms with van der Waals surface area (Å²) < 4.78 is 8.37. The third kappa shape index (κ3) is 7.41. The minimum absolute atomic E-state index is 0.0941. The third-order valence-corrected chi connectivity index (χ3v) is 6.90. The molecule has 1 aliphatic carbocycles. The lowest BCUT2D eigenvalue weighted by Gasteiger charge is -2.21. The molecule has 2 unspecified atom stereocenters. The van der Waals surface area contributed by atoms with Crippen LogP contribution in [-0.2, 0) is 17.8 Å². The highest BCUT2D eigenvalue weighted by Crippen LogP contribution is 2.32. The van der Waals surface area contributed by atoms with Gasteiger partial charge in [-0.15, -0.1) is 0 Å². The van der Waals surface area contributed by atoms with Gasteiger partial charge in [0.15, 0.2) is 5.82 Å². The van der Waals surface area contributed by atoms with Crippen LogP contribution >= 0.6 is 11.6 Å². The Bertz CT molecular complexity index is 1240. The molecule has 3 N–H and O–H groups in total. The molecule has 4 rings (SSSR count). The van der Waals surface area contributed by atoms with E-state index in [1.807, 2.05) is 24.3 Å². The number of aliphatic hydroxyl groups is 2. The zero-order valence-electron chi connectivity index (χ0n) is 20.5. The van der Waals surface area contributed by atoms with Gasteiger partial charge in [-0.2, -0.15) is 10.2 Å². The van der Waals surface area contributed by atoms with Crippen LogP contribution in [0.3, 0.4) is 0 Å².